The smallest absolute Gasteiger partial charge is 0.190 e. The van der Waals surface area contributed by atoms with Crippen molar-refractivity contribution in [1.82, 2.24) is 0 Å². The topological polar surface area (TPSA) is 94.8 Å². The maximum absolute atomic E-state index is 12.4. The van der Waals surface area contributed by atoms with E-state index in [4.69, 9.17) is 0 Å². The third-order valence-corrected chi connectivity index (χ3v) is 8.65. The normalized spacial score (nSPS) is 50.5. The van der Waals surface area contributed by atoms with Crippen LogP contribution in [0.4, 0.5) is 0 Å². The lowest BCUT2D eigenvalue weighted by Gasteiger charge is -2.60. The molecule has 4 aliphatic carbocycles. The van der Waals surface area contributed by atoms with Gasteiger partial charge in [0.2, 0.25) is 0 Å². The summed E-state index contributed by atoms with van der Waals surface area (Å²) >= 11 is 0. The van der Waals surface area contributed by atoms with Crippen LogP contribution in [0.1, 0.15) is 58.8 Å². The van der Waals surface area contributed by atoms with E-state index in [0.29, 0.717) is 19.3 Å². The summed E-state index contributed by atoms with van der Waals surface area (Å²) in [4.78, 5) is 24.3. The van der Waals surface area contributed by atoms with E-state index in [9.17, 15) is 24.9 Å². The van der Waals surface area contributed by atoms with Crippen LogP contribution in [0.5, 0.6) is 0 Å². The number of fused-ring (bicyclic) bond motifs is 5. The first-order chi connectivity index (χ1) is 12.2. The van der Waals surface area contributed by atoms with Gasteiger partial charge in [-0.3, -0.25) is 9.59 Å². The van der Waals surface area contributed by atoms with Crippen LogP contribution in [0.15, 0.2) is 11.6 Å². The van der Waals surface area contributed by atoms with Gasteiger partial charge in [-0.2, -0.15) is 0 Å². The van der Waals surface area contributed by atoms with Crippen LogP contribution in [0.25, 0.3) is 0 Å². The molecule has 0 spiro atoms. The molecule has 3 N–H and O–H groups in total. The van der Waals surface area contributed by atoms with Crippen molar-refractivity contribution in [3.8, 4) is 0 Å². The number of hydrogen-bond acceptors (Lipinski definition) is 5. The van der Waals surface area contributed by atoms with E-state index in [0.717, 1.165) is 25.7 Å². The molecular weight excluding hydrogens is 332 g/mol. The third-order valence-electron chi connectivity index (χ3n) is 8.65. The first-order valence-electron chi connectivity index (χ1n) is 9.96. The molecule has 1 unspecified atom stereocenters. The minimum atomic E-state index is -1.54. The molecule has 144 valence electrons. The number of carbonyl (C=O) groups is 2. The monoisotopic (exact) mass is 362 g/mol. The molecular formula is C21H30O5. The van der Waals surface area contributed by atoms with E-state index in [1.54, 1.807) is 6.08 Å². The first kappa shape index (κ1) is 18.3. The Kier molecular flexibility index (Phi) is 4.04. The Morgan fingerprint density at radius 3 is 2.65 bits per heavy atom. The standard InChI is InChI=1S/C21H30O5/c1-19-7-5-13(23)9-12(19)3-4-14-15-6-8-21(26,17(25)11-22)20(15,2)10-16(24)18(14)19/h9,14-16,18,22,24,26H,3-8,10-11H2,1-2H3/t14-,15?,16+,18+,19+,20+,21+/m1/s1. The molecule has 0 heterocycles. The molecule has 7 atom stereocenters. The van der Waals surface area contributed by atoms with Gasteiger partial charge in [-0.05, 0) is 67.8 Å². The highest BCUT2D eigenvalue weighted by Crippen LogP contribution is 2.67. The van der Waals surface area contributed by atoms with E-state index >= 15 is 0 Å². The van der Waals surface area contributed by atoms with Crippen LogP contribution in [0, 0.1) is 28.6 Å². The second-order valence-electron chi connectivity index (χ2n) is 9.56. The Morgan fingerprint density at radius 2 is 1.96 bits per heavy atom. The molecule has 0 saturated heterocycles. The summed E-state index contributed by atoms with van der Waals surface area (Å²) in [5.41, 5.74) is -1.23. The molecule has 3 saturated carbocycles. The number of carbonyl (C=O) groups excluding carboxylic acids is 2. The van der Waals surface area contributed by atoms with Crippen molar-refractivity contribution in [3.05, 3.63) is 11.6 Å². The van der Waals surface area contributed by atoms with Gasteiger partial charge in [-0.15, -0.1) is 0 Å². The number of ketones is 2. The summed E-state index contributed by atoms with van der Waals surface area (Å²) in [6.07, 6.45) is 5.74. The van der Waals surface area contributed by atoms with E-state index in [2.05, 4.69) is 6.92 Å². The molecule has 0 radical (unpaired) electrons. The third kappa shape index (κ3) is 2.14. The van der Waals surface area contributed by atoms with Gasteiger partial charge in [0.25, 0.3) is 0 Å². The van der Waals surface area contributed by atoms with Crippen LogP contribution in [-0.4, -0.2) is 45.2 Å². The van der Waals surface area contributed by atoms with Crippen LogP contribution in [-0.2, 0) is 9.59 Å². The van der Waals surface area contributed by atoms with Crippen molar-refractivity contribution < 1.29 is 24.9 Å². The van der Waals surface area contributed by atoms with Crippen molar-refractivity contribution in [2.45, 2.75) is 70.5 Å². The van der Waals surface area contributed by atoms with Gasteiger partial charge in [0, 0.05) is 11.8 Å². The summed E-state index contributed by atoms with van der Waals surface area (Å²) in [5.74, 6) is 0.140. The van der Waals surface area contributed by atoms with Crippen molar-refractivity contribution in [3.63, 3.8) is 0 Å². The SMILES string of the molecule is C[C@]12CCC(=O)C=C1CC[C@@H]1C3CC[C@](O)(C(=O)CO)[C@@]3(C)C[C@H](O)[C@H]12. The van der Waals surface area contributed by atoms with Crippen molar-refractivity contribution in [2.24, 2.45) is 28.6 Å². The lowest BCUT2D eigenvalue weighted by molar-refractivity contribution is -0.182. The van der Waals surface area contributed by atoms with Crippen molar-refractivity contribution in [2.75, 3.05) is 6.61 Å². The fraction of sp³-hybridized carbons (Fsp3) is 0.810. The van der Waals surface area contributed by atoms with Gasteiger partial charge in [0.1, 0.15) is 12.2 Å². The Bertz CT molecular complexity index is 684. The van der Waals surface area contributed by atoms with Crippen LogP contribution < -0.4 is 0 Å². The average molecular weight is 362 g/mol. The molecule has 5 heteroatoms. The second-order valence-corrected chi connectivity index (χ2v) is 9.56. The van der Waals surface area contributed by atoms with Crippen molar-refractivity contribution in [1.29, 1.82) is 0 Å². The molecule has 0 aromatic carbocycles. The summed E-state index contributed by atoms with van der Waals surface area (Å²) in [7, 11) is 0. The number of Topliss-reactive ketones (excluding diaryl/α,β-unsaturated/α-hetero) is 1. The highest BCUT2D eigenvalue weighted by atomic mass is 16.3. The zero-order chi connectivity index (χ0) is 18.9. The number of rotatable bonds is 2. The molecule has 0 aromatic rings. The van der Waals surface area contributed by atoms with Gasteiger partial charge in [-0.25, -0.2) is 0 Å². The summed E-state index contributed by atoms with van der Waals surface area (Å²) in [6, 6.07) is 0. The zero-order valence-corrected chi connectivity index (χ0v) is 15.7. The highest BCUT2D eigenvalue weighted by Gasteiger charge is 2.68. The fourth-order valence-corrected chi connectivity index (χ4v) is 7.28. The highest BCUT2D eigenvalue weighted by molar-refractivity contribution is 5.91. The van der Waals surface area contributed by atoms with Gasteiger partial charge in [0.15, 0.2) is 11.6 Å². The predicted molar refractivity (Wildman–Crippen MR) is 95.1 cm³/mol. The number of allylic oxidation sites excluding steroid dienone is 1. The number of aliphatic hydroxyl groups is 3. The molecule has 4 aliphatic rings. The van der Waals surface area contributed by atoms with Gasteiger partial charge >= 0.3 is 0 Å². The Labute approximate surface area is 154 Å². The Hall–Kier alpha value is -1.04. The maximum Gasteiger partial charge on any atom is 0.190 e. The molecule has 0 aromatic heterocycles. The largest absolute Gasteiger partial charge is 0.393 e. The van der Waals surface area contributed by atoms with Crippen LogP contribution in [0.2, 0.25) is 0 Å². The van der Waals surface area contributed by atoms with Gasteiger partial charge in [-0.1, -0.05) is 19.4 Å². The molecule has 4 rings (SSSR count). The summed E-state index contributed by atoms with van der Waals surface area (Å²) < 4.78 is 0. The zero-order valence-electron chi connectivity index (χ0n) is 15.7. The van der Waals surface area contributed by atoms with Crippen LogP contribution >= 0.6 is 0 Å². The van der Waals surface area contributed by atoms with E-state index in [-0.39, 0.29) is 29.0 Å². The number of hydrogen-bond donors (Lipinski definition) is 3. The van der Waals surface area contributed by atoms with Crippen molar-refractivity contribution >= 4 is 11.6 Å². The molecule has 0 bridgehead atoms. The van der Waals surface area contributed by atoms with E-state index in [1.165, 1.54) is 5.57 Å². The quantitative estimate of drug-likeness (QED) is 0.696. The van der Waals surface area contributed by atoms with E-state index < -0.39 is 29.5 Å². The average Bonchev–Trinajstić information content (AvgIpc) is 2.86. The lowest BCUT2D eigenvalue weighted by atomic mass is 9.45. The number of aliphatic hydroxyl groups excluding tert-OH is 2. The van der Waals surface area contributed by atoms with E-state index in [1.807, 2.05) is 6.92 Å². The molecule has 5 nitrogen and oxygen atoms in total. The molecule has 0 amide bonds. The predicted octanol–water partition coefficient (Wildman–Crippen LogP) is 1.78. The fourth-order valence-electron chi connectivity index (χ4n) is 7.28. The maximum atomic E-state index is 12.4. The summed E-state index contributed by atoms with van der Waals surface area (Å²) in [6.45, 7) is 3.46. The molecule has 26 heavy (non-hydrogen) atoms. The van der Waals surface area contributed by atoms with Crippen LogP contribution in [0.3, 0.4) is 0 Å². The minimum absolute atomic E-state index is 0.0697. The molecule has 3 fully saturated rings. The second kappa shape index (κ2) is 5.73. The Balaban J connectivity index is 1.74. The Morgan fingerprint density at radius 1 is 1.23 bits per heavy atom. The summed E-state index contributed by atoms with van der Waals surface area (Å²) in [5, 5.41) is 31.7. The van der Waals surface area contributed by atoms with Gasteiger partial charge < -0.3 is 15.3 Å². The minimum Gasteiger partial charge on any atom is -0.393 e. The van der Waals surface area contributed by atoms with Gasteiger partial charge in [0.05, 0.1) is 6.10 Å². The molecule has 0 aliphatic heterocycles. The lowest BCUT2D eigenvalue weighted by Crippen LogP contribution is -2.62. The first-order valence-corrected chi connectivity index (χ1v) is 9.96.